The molecule has 0 aliphatic carbocycles. The highest BCUT2D eigenvalue weighted by atomic mass is 16.5. The highest BCUT2D eigenvalue weighted by Gasteiger charge is 2.33. The number of carbonyl (C=O) groups is 1. The molecule has 3 rings (SSSR count). The molecule has 222 valence electrons. The quantitative estimate of drug-likeness (QED) is 0.171. The minimum atomic E-state index is -2.20. The molecular weight excluding hydrogens is 526 g/mol. The van der Waals surface area contributed by atoms with E-state index in [0.29, 0.717) is 6.61 Å². The lowest BCUT2D eigenvalue weighted by molar-refractivity contribution is -0.164. The summed E-state index contributed by atoms with van der Waals surface area (Å²) in [6.45, 7) is 2.98. The van der Waals surface area contributed by atoms with Gasteiger partial charge in [0.25, 0.3) is 0 Å². The van der Waals surface area contributed by atoms with Crippen LogP contribution in [-0.4, -0.2) is 99.8 Å². The molecule has 9 heteroatoms. The average Bonchev–Trinajstić information content (AvgIpc) is 2.99. The predicted molar refractivity (Wildman–Crippen MR) is 158 cm³/mol. The van der Waals surface area contributed by atoms with E-state index in [4.69, 9.17) is 35.4 Å². The van der Waals surface area contributed by atoms with E-state index in [1.807, 2.05) is 0 Å². The second-order valence-electron chi connectivity index (χ2n) is 9.63. The number of aliphatic hydroxyl groups is 5. The lowest BCUT2D eigenvalue weighted by atomic mass is 9.88. The van der Waals surface area contributed by atoms with Gasteiger partial charge < -0.3 is 40.3 Å². The van der Waals surface area contributed by atoms with Crippen LogP contribution in [0, 0.1) is 0 Å². The lowest BCUT2D eigenvalue weighted by Crippen LogP contribution is -2.48. The van der Waals surface area contributed by atoms with Gasteiger partial charge in [0.15, 0.2) is 6.10 Å². The summed E-state index contributed by atoms with van der Waals surface area (Å²) in [5.74, 6) is -0.813. The zero-order valence-corrected chi connectivity index (χ0v) is 23.7. The number of carboxylic acids is 1. The number of aliphatic hydroxyl groups excluding tert-OH is 5. The van der Waals surface area contributed by atoms with Gasteiger partial charge >= 0.3 is 5.97 Å². The molecular formula is C32H41NO8. The van der Waals surface area contributed by atoms with Gasteiger partial charge in [0.05, 0.1) is 6.61 Å². The number of aliphatic carboxylic acids is 1. The fourth-order valence-electron chi connectivity index (χ4n) is 4.02. The molecule has 0 radical (unpaired) electrons. The molecule has 0 aliphatic rings. The van der Waals surface area contributed by atoms with Gasteiger partial charge in [-0.1, -0.05) is 79.7 Å². The summed E-state index contributed by atoms with van der Waals surface area (Å²) < 4.78 is 5.87. The van der Waals surface area contributed by atoms with Crippen molar-refractivity contribution in [2.24, 2.45) is 0 Å². The number of rotatable bonds is 13. The molecule has 0 aromatic heterocycles. The van der Waals surface area contributed by atoms with Gasteiger partial charge in [-0.15, -0.1) is 0 Å². The summed E-state index contributed by atoms with van der Waals surface area (Å²) in [4.78, 5) is 12.2. The molecule has 0 aliphatic heterocycles. The van der Waals surface area contributed by atoms with Crippen molar-refractivity contribution in [2.45, 2.75) is 37.8 Å². The van der Waals surface area contributed by atoms with Crippen LogP contribution in [0.3, 0.4) is 0 Å². The van der Waals surface area contributed by atoms with Crippen molar-refractivity contribution in [2.75, 3.05) is 33.9 Å². The molecule has 0 spiro atoms. The van der Waals surface area contributed by atoms with Gasteiger partial charge in [0.1, 0.15) is 30.7 Å². The second-order valence-corrected chi connectivity index (χ2v) is 9.63. The van der Waals surface area contributed by atoms with Crippen molar-refractivity contribution in [3.8, 4) is 5.75 Å². The van der Waals surface area contributed by atoms with Gasteiger partial charge in [0, 0.05) is 6.54 Å². The summed E-state index contributed by atoms with van der Waals surface area (Å²) in [5.41, 5.74) is 6.37. The summed E-state index contributed by atoms with van der Waals surface area (Å²) >= 11 is 0. The fourth-order valence-corrected chi connectivity index (χ4v) is 4.02. The first-order valence-electron chi connectivity index (χ1n) is 13.4. The van der Waals surface area contributed by atoms with Crippen LogP contribution in [0.4, 0.5) is 0 Å². The molecule has 0 fully saturated rings. The van der Waals surface area contributed by atoms with Crippen LogP contribution in [-0.2, 0) is 4.79 Å². The number of allylic oxidation sites excluding steroid dienone is 1. The van der Waals surface area contributed by atoms with Gasteiger partial charge in [-0.3, -0.25) is 0 Å². The van der Waals surface area contributed by atoms with E-state index in [0.717, 1.165) is 18.7 Å². The molecule has 41 heavy (non-hydrogen) atoms. The number of likely N-dealkylation sites (N-methyl/N-ethyl adjacent to an activating group) is 1. The SMILES string of the molecule is CC/C(=C(\c1ccccc1)c1ccc(OCCN(C)C)cc1)c1ccccc1.O=C(O)[C@H](O)[C@@H](O)[C@H](O)[C@H](O)CO. The first-order chi connectivity index (χ1) is 19.6. The van der Waals surface area contributed by atoms with E-state index in [1.165, 1.54) is 27.8 Å². The third-order valence-electron chi connectivity index (χ3n) is 6.30. The predicted octanol–water partition coefficient (Wildman–Crippen LogP) is 2.50. The number of carboxylic acid groups (broad SMARTS) is 1. The first-order valence-corrected chi connectivity index (χ1v) is 13.4. The summed E-state index contributed by atoms with van der Waals surface area (Å²) in [7, 11) is 4.11. The van der Waals surface area contributed by atoms with Gasteiger partial charge in [-0.25, -0.2) is 4.79 Å². The second kappa shape index (κ2) is 17.3. The zero-order chi connectivity index (χ0) is 30.4. The molecule has 0 saturated heterocycles. The fraction of sp³-hybridized carbons (Fsp3) is 0.344. The maximum absolute atomic E-state index is 10.1. The summed E-state index contributed by atoms with van der Waals surface area (Å²) in [5, 5.41) is 51.8. The Labute approximate surface area is 241 Å². The molecule has 0 unspecified atom stereocenters. The molecule has 0 amide bonds. The van der Waals surface area contributed by atoms with Crippen LogP contribution in [0.1, 0.15) is 30.0 Å². The van der Waals surface area contributed by atoms with Gasteiger partial charge in [0.2, 0.25) is 0 Å². The molecule has 3 aromatic rings. The number of hydrogen-bond donors (Lipinski definition) is 6. The molecule has 0 bridgehead atoms. The Bertz CT molecular complexity index is 1200. The van der Waals surface area contributed by atoms with Crippen LogP contribution >= 0.6 is 0 Å². The van der Waals surface area contributed by atoms with E-state index < -0.39 is 37.0 Å². The number of ether oxygens (including phenoxy) is 1. The van der Waals surface area contributed by atoms with Crippen LogP contribution in [0.5, 0.6) is 5.75 Å². The Hall–Kier alpha value is -3.57. The maximum atomic E-state index is 10.1. The molecule has 0 heterocycles. The molecule has 0 saturated carbocycles. The van der Waals surface area contributed by atoms with Crippen molar-refractivity contribution in [3.05, 3.63) is 102 Å². The topological polar surface area (TPSA) is 151 Å². The van der Waals surface area contributed by atoms with Crippen molar-refractivity contribution in [1.29, 1.82) is 0 Å². The minimum absolute atomic E-state index is 0.692. The standard InChI is InChI=1S/C26H29NO.C6H12O7/c1-4-25(21-11-7-5-8-12-21)26(22-13-9-6-10-14-22)23-15-17-24(18-16-23)28-20-19-27(2)3;7-1-2(8)3(9)4(10)5(11)6(12)13/h5-18H,4,19-20H2,1-3H3;2-5,7-11H,1H2,(H,12,13)/b26-25-;/t;2-,3-,4+,5-/m.1/s1. The highest BCUT2D eigenvalue weighted by molar-refractivity contribution is 5.98. The first kappa shape index (κ1) is 33.6. The number of nitrogens with zero attached hydrogens (tertiary/aromatic N) is 1. The third kappa shape index (κ3) is 10.4. The summed E-state index contributed by atoms with van der Waals surface area (Å²) in [6.07, 6.45) is -6.87. The van der Waals surface area contributed by atoms with E-state index in [-0.39, 0.29) is 0 Å². The third-order valence-corrected chi connectivity index (χ3v) is 6.30. The minimum Gasteiger partial charge on any atom is -0.492 e. The van der Waals surface area contributed by atoms with Crippen molar-refractivity contribution < 1.29 is 40.2 Å². The molecule has 9 nitrogen and oxygen atoms in total. The summed E-state index contributed by atoms with van der Waals surface area (Å²) in [6, 6.07) is 29.8. The Morgan fingerprint density at radius 3 is 1.76 bits per heavy atom. The smallest absolute Gasteiger partial charge is 0.335 e. The van der Waals surface area contributed by atoms with Crippen molar-refractivity contribution >= 4 is 17.1 Å². The average molecular weight is 568 g/mol. The molecule has 3 aromatic carbocycles. The van der Waals surface area contributed by atoms with Crippen molar-refractivity contribution in [3.63, 3.8) is 0 Å². The number of benzene rings is 3. The Kier molecular flexibility index (Phi) is 14.2. The zero-order valence-electron chi connectivity index (χ0n) is 23.7. The highest BCUT2D eigenvalue weighted by Crippen LogP contribution is 2.34. The monoisotopic (exact) mass is 567 g/mol. The van der Waals surface area contributed by atoms with E-state index >= 15 is 0 Å². The largest absolute Gasteiger partial charge is 0.492 e. The Morgan fingerprint density at radius 1 is 0.780 bits per heavy atom. The van der Waals surface area contributed by atoms with E-state index in [1.54, 1.807) is 0 Å². The Balaban J connectivity index is 0.000000383. The van der Waals surface area contributed by atoms with Crippen molar-refractivity contribution in [1.82, 2.24) is 4.90 Å². The Morgan fingerprint density at radius 2 is 1.29 bits per heavy atom. The lowest BCUT2D eigenvalue weighted by Gasteiger charge is -2.23. The van der Waals surface area contributed by atoms with E-state index in [9.17, 15) is 4.79 Å². The molecule has 6 N–H and O–H groups in total. The van der Waals surface area contributed by atoms with Crippen LogP contribution in [0.2, 0.25) is 0 Å². The molecule has 4 atom stereocenters. The van der Waals surface area contributed by atoms with Crippen LogP contribution in [0.15, 0.2) is 84.9 Å². The van der Waals surface area contributed by atoms with Gasteiger partial charge in [-0.05, 0) is 60.5 Å². The maximum Gasteiger partial charge on any atom is 0.335 e. The van der Waals surface area contributed by atoms with Crippen LogP contribution in [0.25, 0.3) is 11.1 Å². The van der Waals surface area contributed by atoms with Gasteiger partial charge in [-0.2, -0.15) is 0 Å². The number of hydrogen-bond acceptors (Lipinski definition) is 8. The normalized spacial score (nSPS) is 14.7. The van der Waals surface area contributed by atoms with E-state index in [2.05, 4.69) is 111 Å². The van der Waals surface area contributed by atoms with Crippen LogP contribution < -0.4 is 4.74 Å².